The smallest absolute Gasteiger partial charge is 0.163 e. The lowest BCUT2D eigenvalue weighted by atomic mass is 10.0. The molecule has 4 heterocycles. The predicted molar refractivity (Wildman–Crippen MR) is 240 cm³/mol. The fraction of sp³-hybridized carbons (Fsp3) is 0.0196. The number of nitrogens with one attached hydrogen (secondary N) is 1. The summed E-state index contributed by atoms with van der Waals surface area (Å²) in [7, 11) is 0. The monoisotopic (exact) mass is 764 g/mol. The molecule has 0 fully saturated rings. The average molecular weight is 765 g/mol. The van der Waals surface area contributed by atoms with E-state index >= 15 is 0 Å². The van der Waals surface area contributed by atoms with Crippen LogP contribution in [0.3, 0.4) is 0 Å². The number of para-hydroxylation sites is 2. The summed E-state index contributed by atoms with van der Waals surface area (Å²) in [6, 6.07) is 63.3. The van der Waals surface area contributed by atoms with Gasteiger partial charge in [0.25, 0.3) is 0 Å². The van der Waals surface area contributed by atoms with Crippen LogP contribution in [0.2, 0.25) is 0 Å². The number of nitrogens with zero attached hydrogens (tertiary/aromatic N) is 3. The van der Waals surface area contributed by atoms with Gasteiger partial charge in [0, 0.05) is 59.3 Å². The molecule has 0 saturated heterocycles. The van der Waals surface area contributed by atoms with Gasteiger partial charge in [-0.15, -0.1) is 11.3 Å². The molecule has 6 nitrogen and oxygen atoms in total. The fourth-order valence-corrected chi connectivity index (χ4v) is 9.51. The van der Waals surface area contributed by atoms with Crippen LogP contribution in [-0.2, 0) is 0 Å². The van der Waals surface area contributed by atoms with Crippen molar-refractivity contribution in [2.75, 3.05) is 4.90 Å². The first-order valence-corrected chi connectivity index (χ1v) is 20.2. The molecule has 8 aromatic carbocycles. The van der Waals surface area contributed by atoms with Crippen molar-refractivity contribution in [2.24, 2.45) is 9.98 Å². The Balaban J connectivity index is 1.12. The molecule has 0 radical (unpaired) electrons. The number of amidine groups is 2. The highest BCUT2D eigenvalue weighted by Crippen LogP contribution is 2.47. The van der Waals surface area contributed by atoms with Crippen LogP contribution in [0.1, 0.15) is 22.9 Å². The van der Waals surface area contributed by atoms with Gasteiger partial charge in [0.1, 0.15) is 34.3 Å². The standard InChI is InChI=1S/C51H32N4O2S/c1-3-13-31(14-4-1)49-52-50(32-15-5-2-6-16-32)54-51(53-49)39-26-27-41(47-38-19-8-11-21-43(38)57-48(39)47)55(33-24-28-46-40(29-33)37-18-9-12-22-45(37)58-46)34-23-25-36-35-17-7-10-20-42(35)56-44(36)30-34/h1-30,49H,(H,52,53,54). The van der Waals surface area contributed by atoms with Gasteiger partial charge in [0.2, 0.25) is 0 Å². The molecule has 1 atom stereocenters. The van der Waals surface area contributed by atoms with Gasteiger partial charge >= 0.3 is 0 Å². The quantitative estimate of drug-likeness (QED) is 0.183. The second-order valence-corrected chi connectivity index (χ2v) is 15.6. The van der Waals surface area contributed by atoms with Crippen molar-refractivity contribution in [3.63, 3.8) is 0 Å². The van der Waals surface area contributed by atoms with E-state index in [-0.39, 0.29) is 6.17 Å². The third-order valence-electron chi connectivity index (χ3n) is 11.1. The number of benzene rings is 8. The Labute approximate surface area is 336 Å². The Bertz CT molecular complexity index is 3450. The molecule has 0 saturated carbocycles. The molecule has 11 aromatic rings. The third kappa shape index (κ3) is 5.25. The topological polar surface area (TPSA) is 66.3 Å². The second-order valence-electron chi connectivity index (χ2n) is 14.6. The number of hydrogen-bond acceptors (Lipinski definition) is 7. The Morgan fingerprint density at radius 3 is 2.02 bits per heavy atom. The SMILES string of the molecule is c1ccc(C2=NC(c3ccc(N(c4ccc5c(c4)oc4ccccc45)c4ccc5sc6ccccc6c5c4)c4c3oc3ccccc34)=NC(c3ccccc3)N2)cc1. The lowest BCUT2D eigenvalue weighted by Gasteiger charge is -2.27. The molecule has 1 unspecified atom stereocenters. The van der Waals surface area contributed by atoms with E-state index in [0.29, 0.717) is 5.84 Å². The maximum atomic E-state index is 6.89. The van der Waals surface area contributed by atoms with Crippen LogP contribution < -0.4 is 10.2 Å². The highest BCUT2D eigenvalue weighted by molar-refractivity contribution is 7.25. The van der Waals surface area contributed by atoms with E-state index in [1.807, 2.05) is 72.0 Å². The summed E-state index contributed by atoms with van der Waals surface area (Å²) >= 11 is 1.82. The van der Waals surface area contributed by atoms with Crippen molar-refractivity contribution in [1.29, 1.82) is 0 Å². The highest BCUT2D eigenvalue weighted by Gasteiger charge is 2.27. The molecule has 12 rings (SSSR count). The highest BCUT2D eigenvalue weighted by atomic mass is 32.1. The largest absolute Gasteiger partial charge is 0.456 e. The number of furan rings is 2. The summed E-state index contributed by atoms with van der Waals surface area (Å²) in [6.07, 6.45) is -0.345. The average Bonchev–Trinajstić information content (AvgIpc) is 3.98. The Morgan fingerprint density at radius 2 is 1.17 bits per heavy atom. The van der Waals surface area contributed by atoms with Crippen LogP contribution in [-0.4, -0.2) is 11.7 Å². The van der Waals surface area contributed by atoms with E-state index in [4.69, 9.17) is 18.8 Å². The predicted octanol–water partition coefficient (Wildman–Crippen LogP) is 13.8. The normalized spacial score (nSPS) is 14.4. The molecule has 0 spiro atoms. The minimum atomic E-state index is -0.345. The number of rotatable bonds is 6. The van der Waals surface area contributed by atoms with E-state index in [0.717, 1.165) is 83.5 Å². The van der Waals surface area contributed by atoms with Gasteiger partial charge in [-0.3, -0.25) is 0 Å². The van der Waals surface area contributed by atoms with Crippen molar-refractivity contribution in [3.05, 3.63) is 199 Å². The lowest BCUT2D eigenvalue weighted by molar-refractivity contribution is 0.663. The summed E-state index contributed by atoms with van der Waals surface area (Å²) in [5, 5.41) is 10.2. The van der Waals surface area contributed by atoms with E-state index in [9.17, 15) is 0 Å². The summed E-state index contributed by atoms with van der Waals surface area (Å²) in [5.41, 5.74) is 9.02. The van der Waals surface area contributed by atoms with Crippen LogP contribution in [0.15, 0.2) is 201 Å². The first-order chi connectivity index (χ1) is 28.7. The molecule has 274 valence electrons. The van der Waals surface area contributed by atoms with Crippen LogP contribution in [0, 0.1) is 0 Å². The zero-order chi connectivity index (χ0) is 38.2. The molecule has 1 N–H and O–H groups in total. The van der Waals surface area contributed by atoms with Crippen LogP contribution >= 0.6 is 11.3 Å². The number of anilines is 3. The van der Waals surface area contributed by atoms with Crippen molar-refractivity contribution in [2.45, 2.75) is 6.17 Å². The molecule has 1 aliphatic rings. The molecular formula is C51H32N4O2S. The molecule has 0 bridgehead atoms. The molecular weight excluding hydrogens is 733 g/mol. The Hall–Kier alpha value is -7.48. The Morgan fingerprint density at radius 1 is 0.517 bits per heavy atom. The van der Waals surface area contributed by atoms with E-state index in [2.05, 4.69) is 132 Å². The zero-order valence-electron chi connectivity index (χ0n) is 31.0. The molecule has 58 heavy (non-hydrogen) atoms. The van der Waals surface area contributed by atoms with Crippen molar-refractivity contribution in [3.8, 4) is 0 Å². The maximum Gasteiger partial charge on any atom is 0.163 e. The van der Waals surface area contributed by atoms with Gasteiger partial charge in [-0.2, -0.15) is 0 Å². The van der Waals surface area contributed by atoms with Crippen molar-refractivity contribution >= 4 is 104 Å². The van der Waals surface area contributed by atoms with Gasteiger partial charge in [-0.25, -0.2) is 9.98 Å². The third-order valence-corrected chi connectivity index (χ3v) is 12.3. The summed E-state index contributed by atoms with van der Waals surface area (Å²) in [4.78, 5) is 12.8. The minimum Gasteiger partial charge on any atom is -0.456 e. The molecule has 1 aliphatic heterocycles. The first-order valence-electron chi connectivity index (χ1n) is 19.3. The number of aliphatic imine (C=N–C) groups is 2. The maximum absolute atomic E-state index is 6.89. The number of thiophene rings is 1. The summed E-state index contributed by atoms with van der Waals surface area (Å²) in [6.45, 7) is 0. The zero-order valence-corrected chi connectivity index (χ0v) is 31.8. The number of fused-ring (bicyclic) bond motifs is 9. The van der Waals surface area contributed by atoms with Gasteiger partial charge < -0.3 is 19.1 Å². The lowest BCUT2D eigenvalue weighted by Crippen LogP contribution is -2.33. The van der Waals surface area contributed by atoms with E-state index in [1.165, 1.54) is 20.2 Å². The van der Waals surface area contributed by atoms with Gasteiger partial charge in [-0.05, 0) is 66.2 Å². The second kappa shape index (κ2) is 13.0. The van der Waals surface area contributed by atoms with Crippen LogP contribution in [0.25, 0.3) is 64.0 Å². The summed E-state index contributed by atoms with van der Waals surface area (Å²) in [5.74, 6) is 1.35. The van der Waals surface area contributed by atoms with Crippen LogP contribution in [0.5, 0.6) is 0 Å². The van der Waals surface area contributed by atoms with Crippen molar-refractivity contribution < 1.29 is 8.83 Å². The first kappa shape index (κ1) is 32.7. The Kier molecular flexibility index (Phi) is 7.36. The van der Waals surface area contributed by atoms with E-state index in [1.54, 1.807) is 0 Å². The van der Waals surface area contributed by atoms with Gasteiger partial charge in [0.05, 0.1) is 16.6 Å². The molecule has 0 aliphatic carbocycles. The summed E-state index contributed by atoms with van der Waals surface area (Å²) < 4.78 is 15.9. The van der Waals surface area contributed by atoms with Gasteiger partial charge in [0.15, 0.2) is 5.84 Å². The van der Waals surface area contributed by atoms with E-state index < -0.39 is 0 Å². The van der Waals surface area contributed by atoms with Crippen molar-refractivity contribution in [1.82, 2.24) is 5.32 Å². The fourth-order valence-electron chi connectivity index (χ4n) is 8.43. The van der Waals surface area contributed by atoms with Crippen LogP contribution in [0.4, 0.5) is 17.1 Å². The molecule has 0 amide bonds. The van der Waals surface area contributed by atoms with Gasteiger partial charge in [-0.1, -0.05) is 115 Å². The minimum absolute atomic E-state index is 0.345. The molecule has 7 heteroatoms. The molecule has 3 aromatic heterocycles. The number of hydrogen-bond donors (Lipinski definition) is 1.